The Kier molecular flexibility index (Phi) is 1.73. The number of aliphatic imine (C=N–C) groups is 1. The molecule has 1 heterocycles. The number of hydrogen-bond donors (Lipinski definition) is 4. The third kappa shape index (κ3) is 1.51. The molecular formula is C3H8N4O2S. The van der Waals surface area contributed by atoms with E-state index in [0.717, 1.165) is 16.8 Å². The average molecular weight is 164 g/mol. The highest BCUT2D eigenvalue weighted by Crippen LogP contribution is 2.23. The predicted octanol–water partition coefficient (Wildman–Crippen LogP) is -2.22. The van der Waals surface area contributed by atoms with Gasteiger partial charge in [0.15, 0.2) is 0 Å². The van der Waals surface area contributed by atoms with E-state index in [1.54, 1.807) is 0 Å². The zero-order chi connectivity index (χ0) is 7.78. The van der Waals surface area contributed by atoms with Gasteiger partial charge in [-0.05, 0) is 11.8 Å². The van der Waals surface area contributed by atoms with Crippen molar-refractivity contribution in [3.05, 3.63) is 0 Å². The number of guanidine groups is 1. The van der Waals surface area contributed by atoms with Gasteiger partial charge in [-0.15, -0.1) is 0 Å². The SMILES string of the molecule is NC1=NC(O)(O)SCN1N. The Morgan fingerprint density at radius 3 is 2.70 bits per heavy atom. The highest BCUT2D eigenvalue weighted by Gasteiger charge is 2.29. The van der Waals surface area contributed by atoms with Crippen LogP contribution in [0.3, 0.4) is 0 Å². The lowest BCUT2D eigenvalue weighted by atomic mass is 10.9. The summed E-state index contributed by atoms with van der Waals surface area (Å²) in [4.78, 5) is 3.27. The number of rotatable bonds is 0. The monoisotopic (exact) mass is 164 g/mol. The molecule has 0 saturated carbocycles. The second-order valence-electron chi connectivity index (χ2n) is 1.79. The van der Waals surface area contributed by atoms with Crippen LogP contribution < -0.4 is 11.6 Å². The fourth-order valence-electron chi connectivity index (χ4n) is 0.468. The number of hydrazine groups is 1. The van der Waals surface area contributed by atoms with Crippen LogP contribution in [0.2, 0.25) is 0 Å². The molecule has 0 saturated heterocycles. The summed E-state index contributed by atoms with van der Waals surface area (Å²) in [5, 5.41) is 16.7. The first-order valence-electron chi connectivity index (χ1n) is 2.47. The Hall–Kier alpha value is -0.500. The smallest absolute Gasteiger partial charge is 0.322 e. The van der Waals surface area contributed by atoms with Crippen LogP contribution in [-0.2, 0) is 0 Å². The van der Waals surface area contributed by atoms with E-state index in [2.05, 4.69) is 4.99 Å². The molecule has 0 aromatic rings. The normalized spacial score (nSPS) is 24.3. The van der Waals surface area contributed by atoms with Gasteiger partial charge in [-0.1, -0.05) is 0 Å². The molecule has 0 aromatic carbocycles. The molecule has 1 aliphatic rings. The topological polar surface area (TPSA) is 108 Å². The largest absolute Gasteiger partial charge is 0.369 e. The van der Waals surface area contributed by atoms with Crippen molar-refractivity contribution < 1.29 is 10.2 Å². The second-order valence-corrected chi connectivity index (χ2v) is 2.88. The van der Waals surface area contributed by atoms with Crippen LogP contribution in [0.4, 0.5) is 0 Å². The summed E-state index contributed by atoms with van der Waals surface area (Å²) < 4.78 is 0. The van der Waals surface area contributed by atoms with E-state index >= 15 is 0 Å². The van der Waals surface area contributed by atoms with Crippen molar-refractivity contribution in [2.45, 2.75) is 5.24 Å². The van der Waals surface area contributed by atoms with E-state index in [1.165, 1.54) is 0 Å². The maximum Gasteiger partial charge on any atom is 0.322 e. The molecule has 58 valence electrons. The van der Waals surface area contributed by atoms with Gasteiger partial charge in [-0.3, -0.25) is 5.01 Å². The minimum Gasteiger partial charge on any atom is -0.369 e. The summed E-state index contributed by atoms with van der Waals surface area (Å²) in [6, 6.07) is 0. The van der Waals surface area contributed by atoms with Gasteiger partial charge >= 0.3 is 5.24 Å². The van der Waals surface area contributed by atoms with Gasteiger partial charge in [0.1, 0.15) is 0 Å². The number of nitrogens with two attached hydrogens (primary N) is 2. The molecule has 0 bridgehead atoms. The molecule has 7 heteroatoms. The van der Waals surface area contributed by atoms with E-state index in [9.17, 15) is 0 Å². The van der Waals surface area contributed by atoms with Crippen LogP contribution in [-0.4, -0.2) is 32.3 Å². The first-order valence-corrected chi connectivity index (χ1v) is 3.46. The summed E-state index contributed by atoms with van der Waals surface area (Å²) in [6.07, 6.45) is 0. The third-order valence-corrected chi connectivity index (χ3v) is 1.84. The minimum atomic E-state index is -2.11. The first kappa shape index (κ1) is 7.61. The van der Waals surface area contributed by atoms with Crippen LogP contribution >= 0.6 is 11.8 Å². The molecule has 0 spiro atoms. The molecule has 0 aromatic heterocycles. The van der Waals surface area contributed by atoms with Gasteiger partial charge in [-0.25, -0.2) is 5.84 Å². The molecular weight excluding hydrogens is 156 g/mol. The number of aliphatic hydroxyl groups is 2. The lowest BCUT2D eigenvalue weighted by Crippen LogP contribution is -2.48. The molecule has 6 nitrogen and oxygen atoms in total. The van der Waals surface area contributed by atoms with Crippen molar-refractivity contribution in [2.24, 2.45) is 16.6 Å². The maximum atomic E-state index is 8.83. The van der Waals surface area contributed by atoms with E-state index in [4.69, 9.17) is 21.8 Å². The highest BCUT2D eigenvalue weighted by molar-refractivity contribution is 8.00. The standard InChI is InChI=1S/C3H8N4O2S/c4-2-6-3(8,9)10-1-7(2)5/h8-9H,1,5H2,(H2,4,6). The fourth-order valence-corrected chi connectivity index (χ4v) is 1.07. The van der Waals surface area contributed by atoms with Crippen LogP contribution in [0.1, 0.15) is 0 Å². The Morgan fingerprint density at radius 1 is 1.70 bits per heavy atom. The number of thioether (sulfide) groups is 1. The molecule has 0 amide bonds. The van der Waals surface area contributed by atoms with Crippen molar-refractivity contribution in [3.63, 3.8) is 0 Å². The summed E-state index contributed by atoms with van der Waals surface area (Å²) in [6.45, 7) is 0. The van der Waals surface area contributed by atoms with Crippen molar-refractivity contribution in [1.29, 1.82) is 0 Å². The quantitative estimate of drug-likeness (QED) is 0.238. The third-order valence-electron chi connectivity index (χ3n) is 0.952. The Labute approximate surface area is 61.5 Å². The summed E-state index contributed by atoms with van der Waals surface area (Å²) in [7, 11) is 0. The van der Waals surface area contributed by atoms with Crippen molar-refractivity contribution in [2.75, 3.05) is 5.88 Å². The first-order chi connectivity index (χ1) is 4.51. The Balaban J connectivity index is 2.76. The van der Waals surface area contributed by atoms with Gasteiger partial charge in [0.2, 0.25) is 5.96 Å². The molecule has 0 aliphatic carbocycles. The van der Waals surface area contributed by atoms with Crippen molar-refractivity contribution in [3.8, 4) is 0 Å². The van der Waals surface area contributed by atoms with E-state index in [0.29, 0.717) is 0 Å². The van der Waals surface area contributed by atoms with Crippen molar-refractivity contribution >= 4 is 17.7 Å². The average Bonchev–Trinajstić information content (AvgIpc) is 1.79. The molecule has 10 heavy (non-hydrogen) atoms. The zero-order valence-electron chi connectivity index (χ0n) is 5.06. The van der Waals surface area contributed by atoms with Crippen molar-refractivity contribution in [1.82, 2.24) is 5.01 Å². The molecule has 1 aliphatic heterocycles. The summed E-state index contributed by atoms with van der Waals surface area (Å²) in [5.74, 6) is 5.36. The second kappa shape index (κ2) is 2.27. The van der Waals surface area contributed by atoms with E-state index in [-0.39, 0.29) is 11.8 Å². The lowest BCUT2D eigenvalue weighted by molar-refractivity contribution is -0.0703. The molecule has 0 radical (unpaired) electrons. The molecule has 0 unspecified atom stereocenters. The van der Waals surface area contributed by atoms with Gasteiger partial charge in [0.05, 0.1) is 5.88 Å². The fraction of sp³-hybridized carbons (Fsp3) is 0.667. The van der Waals surface area contributed by atoms with E-state index < -0.39 is 5.24 Å². The van der Waals surface area contributed by atoms with Gasteiger partial charge < -0.3 is 15.9 Å². The number of hydrogen-bond acceptors (Lipinski definition) is 7. The summed E-state index contributed by atoms with van der Waals surface area (Å²) in [5.41, 5.74) is 5.17. The number of nitrogens with zero attached hydrogens (tertiary/aromatic N) is 2. The van der Waals surface area contributed by atoms with E-state index in [1.807, 2.05) is 0 Å². The minimum absolute atomic E-state index is 0.0799. The molecule has 6 N–H and O–H groups in total. The predicted molar refractivity (Wildman–Crippen MR) is 37.3 cm³/mol. The van der Waals surface area contributed by atoms with Crippen LogP contribution in [0, 0.1) is 0 Å². The van der Waals surface area contributed by atoms with Gasteiger partial charge in [-0.2, -0.15) is 4.99 Å². The zero-order valence-corrected chi connectivity index (χ0v) is 5.88. The molecule has 0 atom stereocenters. The van der Waals surface area contributed by atoms with Crippen LogP contribution in [0.5, 0.6) is 0 Å². The van der Waals surface area contributed by atoms with Crippen LogP contribution in [0.25, 0.3) is 0 Å². The Bertz CT molecular complexity index is 170. The molecule has 1 rings (SSSR count). The molecule has 0 fully saturated rings. The maximum absolute atomic E-state index is 8.83. The van der Waals surface area contributed by atoms with Crippen LogP contribution in [0.15, 0.2) is 4.99 Å². The Morgan fingerprint density at radius 2 is 2.30 bits per heavy atom. The van der Waals surface area contributed by atoms with Gasteiger partial charge in [0.25, 0.3) is 0 Å². The highest BCUT2D eigenvalue weighted by atomic mass is 32.2. The van der Waals surface area contributed by atoms with Gasteiger partial charge in [0, 0.05) is 0 Å². The lowest BCUT2D eigenvalue weighted by Gasteiger charge is -2.27. The summed E-state index contributed by atoms with van der Waals surface area (Å²) >= 11 is 0.777.